The molecule has 0 saturated heterocycles. The molecule has 1 amide bonds. The minimum absolute atomic E-state index is 0.225. The van der Waals surface area contributed by atoms with E-state index in [-0.39, 0.29) is 5.91 Å². The Balaban J connectivity index is 1.40. The van der Waals surface area contributed by atoms with Gasteiger partial charge in [0.1, 0.15) is 0 Å². The van der Waals surface area contributed by atoms with Crippen LogP contribution in [0, 0.1) is 0 Å². The molecule has 0 aliphatic carbocycles. The maximum atomic E-state index is 12.4. The Kier molecular flexibility index (Phi) is 6.38. The number of nitrogens with zero attached hydrogens (tertiary/aromatic N) is 2. The standard InChI is InChI=1S/C25H24N6O/c26-19-7-4-8-21(16-19)30-25-28-14-13-23(31-25)18-9-11-20(12-10-18)29-24(32)22(27)15-17-5-2-1-3-6-17/h1-14,16,22H,15,26-27H2,(H,29,32)(H,28,30,31)/t22-/m1/s1. The summed E-state index contributed by atoms with van der Waals surface area (Å²) in [6.45, 7) is 0. The Hall–Kier alpha value is -4.23. The van der Waals surface area contributed by atoms with Crippen LogP contribution in [0.2, 0.25) is 0 Å². The van der Waals surface area contributed by atoms with Crippen LogP contribution in [-0.4, -0.2) is 21.9 Å². The first-order valence-corrected chi connectivity index (χ1v) is 10.2. The van der Waals surface area contributed by atoms with E-state index in [1.54, 1.807) is 6.20 Å². The number of carbonyl (C=O) groups excluding carboxylic acids is 1. The van der Waals surface area contributed by atoms with Crippen molar-refractivity contribution in [3.8, 4) is 11.3 Å². The minimum Gasteiger partial charge on any atom is -0.399 e. The molecular weight excluding hydrogens is 400 g/mol. The smallest absolute Gasteiger partial charge is 0.241 e. The first-order valence-electron chi connectivity index (χ1n) is 10.2. The number of aromatic nitrogens is 2. The predicted octanol–water partition coefficient (Wildman–Crippen LogP) is 3.98. The van der Waals surface area contributed by atoms with Gasteiger partial charge in [0.2, 0.25) is 11.9 Å². The molecule has 0 fully saturated rings. The van der Waals surface area contributed by atoms with Crippen LogP contribution >= 0.6 is 0 Å². The molecule has 6 N–H and O–H groups in total. The van der Waals surface area contributed by atoms with Gasteiger partial charge in [-0.05, 0) is 48.4 Å². The molecule has 4 rings (SSSR count). The van der Waals surface area contributed by atoms with Gasteiger partial charge in [0.25, 0.3) is 0 Å². The molecule has 32 heavy (non-hydrogen) atoms. The summed E-state index contributed by atoms with van der Waals surface area (Å²) in [4.78, 5) is 21.3. The molecule has 4 aromatic rings. The zero-order valence-electron chi connectivity index (χ0n) is 17.4. The van der Waals surface area contributed by atoms with Crippen LogP contribution in [0.3, 0.4) is 0 Å². The van der Waals surface area contributed by atoms with E-state index in [9.17, 15) is 4.79 Å². The first kappa shape index (κ1) is 21.0. The van der Waals surface area contributed by atoms with Gasteiger partial charge in [-0.2, -0.15) is 0 Å². The number of nitrogen functional groups attached to an aromatic ring is 1. The van der Waals surface area contributed by atoms with E-state index < -0.39 is 6.04 Å². The molecule has 1 aromatic heterocycles. The molecule has 0 saturated carbocycles. The van der Waals surface area contributed by atoms with Crippen molar-refractivity contribution in [2.24, 2.45) is 5.73 Å². The zero-order valence-corrected chi connectivity index (χ0v) is 17.4. The summed E-state index contributed by atoms with van der Waals surface area (Å²) < 4.78 is 0. The highest BCUT2D eigenvalue weighted by Crippen LogP contribution is 2.22. The molecule has 3 aromatic carbocycles. The zero-order chi connectivity index (χ0) is 22.3. The van der Waals surface area contributed by atoms with Gasteiger partial charge in [-0.15, -0.1) is 0 Å². The lowest BCUT2D eigenvalue weighted by atomic mass is 10.1. The highest BCUT2D eigenvalue weighted by atomic mass is 16.2. The summed E-state index contributed by atoms with van der Waals surface area (Å²) in [6, 6.07) is 25.8. The number of hydrogen-bond donors (Lipinski definition) is 4. The van der Waals surface area contributed by atoms with Crippen LogP contribution in [0.25, 0.3) is 11.3 Å². The Morgan fingerprint density at radius 2 is 1.69 bits per heavy atom. The lowest BCUT2D eigenvalue weighted by molar-refractivity contribution is -0.117. The molecule has 7 heteroatoms. The van der Waals surface area contributed by atoms with Gasteiger partial charge in [-0.25, -0.2) is 9.97 Å². The normalized spacial score (nSPS) is 11.5. The third kappa shape index (κ3) is 5.47. The SMILES string of the molecule is Nc1cccc(Nc2nccc(-c3ccc(NC(=O)[C@H](N)Cc4ccccc4)cc3)n2)c1. The summed E-state index contributed by atoms with van der Waals surface area (Å²) in [6.07, 6.45) is 2.17. The maximum absolute atomic E-state index is 12.4. The average molecular weight is 425 g/mol. The lowest BCUT2D eigenvalue weighted by Crippen LogP contribution is -2.37. The fourth-order valence-electron chi connectivity index (χ4n) is 3.25. The number of amides is 1. The van der Waals surface area contributed by atoms with E-state index >= 15 is 0 Å². The van der Waals surface area contributed by atoms with Crippen molar-refractivity contribution in [2.45, 2.75) is 12.5 Å². The van der Waals surface area contributed by atoms with Crippen molar-refractivity contribution < 1.29 is 4.79 Å². The molecule has 0 aliphatic heterocycles. The van der Waals surface area contributed by atoms with E-state index in [4.69, 9.17) is 11.5 Å². The number of nitrogens with one attached hydrogen (secondary N) is 2. The van der Waals surface area contributed by atoms with Crippen molar-refractivity contribution in [1.29, 1.82) is 0 Å². The van der Waals surface area contributed by atoms with E-state index in [0.717, 1.165) is 22.5 Å². The summed E-state index contributed by atoms with van der Waals surface area (Å²) in [5.41, 5.74) is 16.7. The van der Waals surface area contributed by atoms with Crippen LogP contribution in [0.15, 0.2) is 91.1 Å². The van der Waals surface area contributed by atoms with Gasteiger partial charge in [0.05, 0.1) is 11.7 Å². The van der Waals surface area contributed by atoms with E-state index in [2.05, 4.69) is 20.6 Å². The van der Waals surface area contributed by atoms with Crippen LogP contribution in [0.1, 0.15) is 5.56 Å². The predicted molar refractivity (Wildman–Crippen MR) is 128 cm³/mol. The lowest BCUT2D eigenvalue weighted by Gasteiger charge is -2.13. The van der Waals surface area contributed by atoms with Crippen LogP contribution in [-0.2, 0) is 11.2 Å². The Morgan fingerprint density at radius 3 is 2.44 bits per heavy atom. The van der Waals surface area contributed by atoms with Gasteiger partial charge in [-0.3, -0.25) is 4.79 Å². The van der Waals surface area contributed by atoms with Gasteiger partial charge in [-0.1, -0.05) is 48.5 Å². The van der Waals surface area contributed by atoms with E-state index in [1.807, 2.05) is 84.9 Å². The number of nitrogens with two attached hydrogens (primary N) is 2. The van der Waals surface area contributed by atoms with Crippen molar-refractivity contribution in [3.05, 3.63) is 96.7 Å². The largest absolute Gasteiger partial charge is 0.399 e. The Morgan fingerprint density at radius 1 is 0.906 bits per heavy atom. The third-order valence-electron chi connectivity index (χ3n) is 4.88. The van der Waals surface area contributed by atoms with Crippen LogP contribution < -0.4 is 22.1 Å². The van der Waals surface area contributed by atoms with Crippen molar-refractivity contribution >= 4 is 28.9 Å². The highest BCUT2D eigenvalue weighted by Gasteiger charge is 2.14. The second kappa shape index (κ2) is 9.72. The average Bonchev–Trinajstić information content (AvgIpc) is 2.80. The van der Waals surface area contributed by atoms with Crippen LogP contribution in [0.4, 0.5) is 23.0 Å². The topological polar surface area (TPSA) is 119 Å². The molecular formula is C25H24N6O. The van der Waals surface area contributed by atoms with E-state index in [0.29, 0.717) is 23.7 Å². The third-order valence-corrected chi connectivity index (χ3v) is 4.88. The summed E-state index contributed by atoms with van der Waals surface area (Å²) in [5, 5.41) is 6.02. The fourth-order valence-corrected chi connectivity index (χ4v) is 3.25. The van der Waals surface area contributed by atoms with Crippen molar-refractivity contribution in [1.82, 2.24) is 9.97 Å². The molecule has 0 bridgehead atoms. The monoisotopic (exact) mass is 424 g/mol. The minimum atomic E-state index is -0.625. The second-order valence-electron chi connectivity index (χ2n) is 7.38. The van der Waals surface area contributed by atoms with Gasteiger partial charge >= 0.3 is 0 Å². The van der Waals surface area contributed by atoms with Gasteiger partial charge in [0, 0.05) is 28.8 Å². The molecule has 0 aliphatic rings. The molecule has 7 nitrogen and oxygen atoms in total. The Bertz CT molecular complexity index is 1190. The van der Waals surface area contributed by atoms with E-state index in [1.165, 1.54) is 0 Å². The molecule has 1 atom stereocenters. The highest BCUT2D eigenvalue weighted by molar-refractivity contribution is 5.95. The van der Waals surface area contributed by atoms with Gasteiger partial charge < -0.3 is 22.1 Å². The molecule has 0 radical (unpaired) electrons. The summed E-state index contributed by atoms with van der Waals surface area (Å²) >= 11 is 0. The van der Waals surface area contributed by atoms with Crippen LogP contribution in [0.5, 0.6) is 0 Å². The molecule has 0 spiro atoms. The summed E-state index contributed by atoms with van der Waals surface area (Å²) in [5.74, 6) is 0.245. The van der Waals surface area contributed by atoms with Crippen molar-refractivity contribution in [2.75, 3.05) is 16.4 Å². The summed E-state index contributed by atoms with van der Waals surface area (Å²) in [7, 11) is 0. The molecule has 160 valence electrons. The Labute approximate surface area is 186 Å². The quantitative estimate of drug-likeness (QED) is 0.333. The number of carbonyl (C=O) groups is 1. The fraction of sp³-hybridized carbons (Fsp3) is 0.0800. The number of rotatable bonds is 7. The van der Waals surface area contributed by atoms with Crippen molar-refractivity contribution in [3.63, 3.8) is 0 Å². The first-order chi connectivity index (χ1) is 15.6. The van der Waals surface area contributed by atoms with Gasteiger partial charge in [0.15, 0.2) is 0 Å². The second-order valence-corrected chi connectivity index (χ2v) is 7.38. The number of hydrogen-bond acceptors (Lipinski definition) is 6. The molecule has 0 unspecified atom stereocenters. The number of anilines is 4. The molecule has 1 heterocycles. The number of benzene rings is 3. The maximum Gasteiger partial charge on any atom is 0.241 e.